The maximum atomic E-state index is 4.57. The van der Waals surface area contributed by atoms with Gasteiger partial charge in [-0.3, -0.25) is 0 Å². The van der Waals surface area contributed by atoms with Crippen LogP contribution in [0.2, 0.25) is 0 Å². The Morgan fingerprint density at radius 1 is 1.00 bits per heavy atom. The van der Waals surface area contributed by atoms with E-state index in [1.165, 1.54) is 22.1 Å². The highest BCUT2D eigenvalue weighted by Gasteiger charge is 2.10. The van der Waals surface area contributed by atoms with Crippen molar-refractivity contribution in [3.63, 3.8) is 0 Å². The molecule has 0 radical (unpaired) electrons. The van der Waals surface area contributed by atoms with Crippen molar-refractivity contribution in [2.75, 3.05) is 0 Å². The van der Waals surface area contributed by atoms with Gasteiger partial charge < -0.3 is 4.98 Å². The number of fused-ring (bicyclic) bond motifs is 1. The number of pyridine rings is 1. The minimum Gasteiger partial charge on any atom is -0.346 e. The van der Waals surface area contributed by atoms with Gasteiger partial charge in [0.1, 0.15) is 5.65 Å². The normalized spacial score (nSPS) is 14.4. The number of H-pyrrole nitrogens is 1. The third kappa shape index (κ3) is 2.19. The molecule has 2 heterocycles. The molecule has 0 amide bonds. The fraction of sp³-hybridized carbons (Fsp3) is 0.105. The summed E-state index contributed by atoms with van der Waals surface area (Å²) in [6.45, 7) is 0. The van der Waals surface area contributed by atoms with Crippen LogP contribution in [0.1, 0.15) is 18.4 Å². The van der Waals surface area contributed by atoms with Gasteiger partial charge in [-0.2, -0.15) is 0 Å². The van der Waals surface area contributed by atoms with Crippen LogP contribution in [0.4, 0.5) is 0 Å². The van der Waals surface area contributed by atoms with Crippen LogP contribution in [-0.4, -0.2) is 9.97 Å². The summed E-state index contributed by atoms with van der Waals surface area (Å²) in [4.78, 5) is 7.84. The maximum absolute atomic E-state index is 4.57. The standard InChI is InChI=1S/C19H16N2/c1-3-7-14(8-4-1)16-11-17-18(13-21-19(17)20-12-16)15-9-5-2-6-10-15/h1,3-5,7-13H,2,6H2,(H,20,21). The van der Waals surface area contributed by atoms with Crippen molar-refractivity contribution in [3.8, 4) is 11.1 Å². The van der Waals surface area contributed by atoms with E-state index in [0.29, 0.717) is 0 Å². The van der Waals surface area contributed by atoms with Crippen LogP contribution >= 0.6 is 0 Å². The van der Waals surface area contributed by atoms with E-state index in [4.69, 9.17) is 0 Å². The molecule has 0 atom stereocenters. The lowest BCUT2D eigenvalue weighted by Gasteiger charge is -2.06. The molecule has 102 valence electrons. The SMILES string of the molecule is C1=CC(c2c[nH]c3ncc(-c4ccccc4)cc23)=CCC1. The highest BCUT2D eigenvalue weighted by molar-refractivity contribution is 5.95. The van der Waals surface area contributed by atoms with Crippen LogP contribution in [0.25, 0.3) is 27.7 Å². The lowest BCUT2D eigenvalue weighted by Crippen LogP contribution is -1.86. The van der Waals surface area contributed by atoms with Crippen molar-refractivity contribution in [1.82, 2.24) is 9.97 Å². The van der Waals surface area contributed by atoms with Crippen LogP contribution in [0, 0.1) is 0 Å². The molecule has 0 spiro atoms. The molecule has 0 saturated carbocycles. The monoisotopic (exact) mass is 272 g/mol. The van der Waals surface area contributed by atoms with Gasteiger partial charge in [0.25, 0.3) is 0 Å². The fourth-order valence-electron chi connectivity index (χ4n) is 2.84. The number of nitrogens with one attached hydrogen (secondary N) is 1. The number of aromatic nitrogens is 2. The van der Waals surface area contributed by atoms with Crippen molar-refractivity contribution >= 4 is 16.6 Å². The molecular formula is C19H16N2. The van der Waals surface area contributed by atoms with E-state index < -0.39 is 0 Å². The second-order valence-corrected chi connectivity index (χ2v) is 5.33. The van der Waals surface area contributed by atoms with Gasteiger partial charge in [-0.25, -0.2) is 4.98 Å². The lowest BCUT2D eigenvalue weighted by molar-refractivity contribution is 1.04. The van der Waals surface area contributed by atoms with Gasteiger partial charge in [0, 0.05) is 28.9 Å². The van der Waals surface area contributed by atoms with Crippen molar-refractivity contribution < 1.29 is 0 Å². The molecule has 1 N–H and O–H groups in total. The molecule has 1 aliphatic carbocycles. The van der Waals surface area contributed by atoms with Gasteiger partial charge in [0.05, 0.1) is 0 Å². The number of allylic oxidation sites excluding steroid dienone is 4. The molecular weight excluding hydrogens is 256 g/mol. The summed E-state index contributed by atoms with van der Waals surface area (Å²) < 4.78 is 0. The molecule has 0 fully saturated rings. The summed E-state index contributed by atoms with van der Waals surface area (Å²) in [6.07, 6.45) is 13.0. The van der Waals surface area contributed by atoms with Crippen molar-refractivity contribution in [3.05, 3.63) is 72.6 Å². The number of benzene rings is 1. The maximum Gasteiger partial charge on any atom is 0.137 e. The lowest BCUT2D eigenvalue weighted by atomic mass is 9.98. The molecule has 2 aromatic heterocycles. The van der Waals surface area contributed by atoms with Crippen molar-refractivity contribution in [2.45, 2.75) is 12.8 Å². The van der Waals surface area contributed by atoms with E-state index in [1.54, 1.807) is 0 Å². The number of hydrogen-bond acceptors (Lipinski definition) is 1. The third-order valence-electron chi connectivity index (χ3n) is 3.94. The molecule has 1 aromatic carbocycles. The Morgan fingerprint density at radius 2 is 1.90 bits per heavy atom. The Hall–Kier alpha value is -2.61. The topological polar surface area (TPSA) is 28.7 Å². The van der Waals surface area contributed by atoms with Crippen LogP contribution in [0.3, 0.4) is 0 Å². The summed E-state index contributed by atoms with van der Waals surface area (Å²) >= 11 is 0. The second kappa shape index (κ2) is 5.06. The fourth-order valence-corrected chi connectivity index (χ4v) is 2.84. The van der Waals surface area contributed by atoms with Crippen LogP contribution < -0.4 is 0 Å². The summed E-state index contributed by atoms with van der Waals surface area (Å²) in [5.74, 6) is 0. The average Bonchev–Trinajstić information content (AvgIpc) is 2.99. The smallest absolute Gasteiger partial charge is 0.137 e. The van der Waals surface area contributed by atoms with Gasteiger partial charge in [-0.05, 0) is 30.0 Å². The first-order valence-electron chi connectivity index (χ1n) is 7.31. The zero-order valence-corrected chi connectivity index (χ0v) is 11.7. The molecule has 0 saturated heterocycles. The first-order chi connectivity index (χ1) is 10.4. The molecule has 4 rings (SSSR count). The van der Waals surface area contributed by atoms with Gasteiger partial charge in [-0.1, -0.05) is 48.6 Å². The Morgan fingerprint density at radius 3 is 2.71 bits per heavy atom. The minimum absolute atomic E-state index is 0.949. The molecule has 1 aliphatic rings. The van der Waals surface area contributed by atoms with Gasteiger partial charge in [0.15, 0.2) is 0 Å². The summed E-state index contributed by atoms with van der Waals surface area (Å²) in [7, 11) is 0. The number of rotatable bonds is 2. The molecule has 0 unspecified atom stereocenters. The Labute approximate surface area is 123 Å². The Kier molecular flexibility index (Phi) is 2.93. The first kappa shape index (κ1) is 12.2. The predicted molar refractivity (Wildman–Crippen MR) is 87.9 cm³/mol. The van der Waals surface area contributed by atoms with Crippen molar-refractivity contribution in [2.24, 2.45) is 0 Å². The predicted octanol–water partition coefficient (Wildman–Crippen LogP) is 4.96. The van der Waals surface area contributed by atoms with E-state index in [0.717, 1.165) is 24.1 Å². The molecule has 0 bridgehead atoms. The van der Waals surface area contributed by atoms with Crippen LogP contribution in [0.5, 0.6) is 0 Å². The van der Waals surface area contributed by atoms with E-state index >= 15 is 0 Å². The highest BCUT2D eigenvalue weighted by Crippen LogP contribution is 2.30. The summed E-state index contributed by atoms with van der Waals surface area (Å²) in [6, 6.07) is 12.6. The van der Waals surface area contributed by atoms with Crippen LogP contribution in [0.15, 0.2) is 67.0 Å². The van der Waals surface area contributed by atoms with E-state index in [2.05, 4.69) is 64.7 Å². The summed E-state index contributed by atoms with van der Waals surface area (Å²) in [5, 5.41) is 1.19. The second-order valence-electron chi connectivity index (χ2n) is 5.33. The number of nitrogens with zero attached hydrogens (tertiary/aromatic N) is 1. The molecule has 3 aromatic rings. The molecule has 2 nitrogen and oxygen atoms in total. The van der Waals surface area contributed by atoms with Gasteiger partial charge >= 0.3 is 0 Å². The number of hydrogen-bond donors (Lipinski definition) is 1. The molecule has 0 aliphatic heterocycles. The number of aromatic amines is 1. The average molecular weight is 272 g/mol. The third-order valence-corrected chi connectivity index (χ3v) is 3.94. The van der Waals surface area contributed by atoms with Gasteiger partial charge in [0.2, 0.25) is 0 Å². The summed E-state index contributed by atoms with van der Waals surface area (Å²) in [5.41, 5.74) is 5.84. The minimum atomic E-state index is 0.949. The quantitative estimate of drug-likeness (QED) is 0.701. The Bertz CT molecular complexity index is 838. The molecule has 2 heteroatoms. The van der Waals surface area contributed by atoms with Crippen molar-refractivity contribution in [1.29, 1.82) is 0 Å². The Balaban J connectivity index is 1.87. The highest BCUT2D eigenvalue weighted by atomic mass is 14.8. The zero-order valence-electron chi connectivity index (χ0n) is 11.7. The van der Waals surface area contributed by atoms with E-state index in [-0.39, 0.29) is 0 Å². The van der Waals surface area contributed by atoms with Gasteiger partial charge in [-0.15, -0.1) is 0 Å². The largest absolute Gasteiger partial charge is 0.346 e. The van der Waals surface area contributed by atoms with E-state index in [9.17, 15) is 0 Å². The molecule has 21 heavy (non-hydrogen) atoms. The zero-order chi connectivity index (χ0) is 14.1. The van der Waals surface area contributed by atoms with E-state index in [1.807, 2.05) is 12.3 Å². The first-order valence-corrected chi connectivity index (χ1v) is 7.31. The van der Waals surface area contributed by atoms with Crippen LogP contribution in [-0.2, 0) is 0 Å².